The van der Waals surface area contributed by atoms with Crippen molar-refractivity contribution in [2.45, 2.75) is 0 Å². The fourth-order valence-corrected chi connectivity index (χ4v) is 2.35. The van der Waals surface area contributed by atoms with Gasteiger partial charge in [-0.15, -0.1) is 0 Å². The molecule has 1 N–H and O–H groups in total. The molecule has 0 saturated carbocycles. The number of phenolic OH excluding ortho intramolecular Hbond substituents is 1. The van der Waals surface area contributed by atoms with Gasteiger partial charge in [-0.2, -0.15) is 0 Å². The standard InChI is InChI=1S/C13H10ClNO/c1-15-12-4-2-8(14)6-10(12)11-7-9(16)3-5-13(11)15/h2-7,16H,1H3. The van der Waals surface area contributed by atoms with Gasteiger partial charge < -0.3 is 9.67 Å². The molecule has 3 aromatic rings. The number of halogens is 1. The third kappa shape index (κ3) is 1.20. The van der Waals surface area contributed by atoms with E-state index < -0.39 is 0 Å². The smallest absolute Gasteiger partial charge is 0.116 e. The largest absolute Gasteiger partial charge is 0.508 e. The van der Waals surface area contributed by atoms with Crippen LogP contribution in [0.5, 0.6) is 5.75 Å². The molecule has 2 aromatic carbocycles. The molecule has 3 heteroatoms. The molecule has 0 bridgehead atoms. The minimum Gasteiger partial charge on any atom is -0.508 e. The molecule has 0 atom stereocenters. The van der Waals surface area contributed by atoms with E-state index in [1.807, 2.05) is 31.3 Å². The monoisotopic (exact) mass is 231 g/mol. The van der Waals surface area contributed by atoms with E-state index in [1.54, 1.807) is 12.1 Å². The highest BCUT2D eigenvalue weighted by molar-refractivity contribution is 6.31. The summed E-state index contributed by atoms with van der Waals surface area (Å²) in [6.45, 7) is 0. The maximum atomic E-state index is 9.53. The summed E-state index contributed by atoms with van der Waals surface area (Å²) in [6.07, 6.45) is 0. The summed E-state index contributed by atoms with van der Waals surface area (Å²) in [7, 11) is 2.01. The molecule has 0 aliphatic heterocycles. The molecule has 0 unspecified atom stereocenters. The van der Waals surface area contributed by atoms with Crippen molar-refractivity contribution in [3.8, 4) is 5.75 Å². The van der Waals surface area contributed by atoms with Crippen LogP contribution in [0.1, 0.15) is 0 Å². The van der Waals surface area contributed by atoms with Gasteiger partial charge >= 0.3 is 0 Å². The normalized spacial score (nSPS) is 11.4. The number of hydrogen-bond acceptors (Lipinski definition) is 1. The predicted octanol–water partition coefficient (Wildman–Crippen LogP) is 3.69. The van der Waals surface area contributed by atoms with Gasteiger partial charge in [-0.25, -0.2) is 0 Å². The Morgan fingerprint density at radius 2 is 1.62 bits per heavy atom. The first-order chi connectivity index (χ1) is 7.66. The van der Waals surface area contributed by atoms with Crippen molar-refractivity contribution in [2.24, 2.45) is 7.05 Å². The number of phenols is 1. The van der Waals surface area contributed by atoms with Crippen molar-refractivity contribution in [3.05, 3.63) is 41.4 Å². The second-order valence-corrected chi connectivity index (χ2v) is 4.36. The Bertz CT molecular complexity index is 641. The number of rotatable bonds is 0. The molecule has 1 heterocycles. The summed E-state index contributed by atoms with van der Waals surface area (Å²) >= 11 is 6.00. The molecule has 0 amide bonds. The van der Waals surface area contributed by atoms with E-state index >= 15 is 0 Å². The molecule has 3 rings (SSSR count). The Hall–Kier alpha value is -1.67. The first-order valence-electron chi connectivity index (χ1n) is 5.03. The van der Waals surface area contributed by atoms with Crippen LogP contribution in [-0.2, 0) is 7.05 Å². The van der Waals surface area contributed by atoms with Gasteiger partial charge in [0.1, 0.15) is 5.75 Å². The first-order valence-corrected chi connectivity index (χ1v) is 5.41. The molecule has 1 aromatic heterocycles. The van der Waals surface area contributed by atoms with Gasteiger partial charge in [-0.05, 0) is 36.4 Å². The predicted molar refractivity (Wildman–Crippen MR) is 67.1 cm³/mol. The van der Waals surface area contributed by atoms with Crippen molar-refractivity contribution in [2.75, 3.05) is 0 Å². The summed E-state index contributed by atoms with van der Waals surface area (Å²) in [5, 5.41) is 12.3. The van der Waals surface area contributed by atoms with Gasteiger partial charge in [-0.3, -0.25) is 0 Å². The Kier molecular flexibility index (Phi) is 1.88. The maximum Gasteiger partial charge on any atom is 0.116 e. The first kappa shape index (κ1) is 9.55. The van der Waals surface area contributed by atoms with E-state index in [-0.39, 0.29) is 5.75 Å². The van der Waals surface area contributed by atoms with Crippen LogP contribution < -0.4 is 0 Å². The second-order valence-electron chi connectivity index (χ2n) is 3.92. The van der Waals surface area contributed by atoms with Crippen LogP contribution in [0.2, 0.25) is 5.02 Å². The fourth-order valence-electron chi connectivity index (χ4n) is 2.18. The zero-order chi connectivity index (χ0) is 11.3. The Morgan fingerprint density at radius 1 is 1.00 bits per heavy atom. The van der Waals surface area contributed by atoms with Crippen molar-refractivity contribution < 1.29 is 5.11 Å². The fraction of sp³-hybridized carbons (Fsp3) is 0.0769. The molecule has 2 nitrogen and oxygen atoms in total. The van der Waals surface area contributed by atoms with Crippen LogP contribution in [0, 0.1) is 0 Å². The third-order valence-electron chi connectivity index (χ3n) is 2.95. The molecule has 0 spiro atoms. The highest BCUT2D eigenvalue weighted by Crippen LogP contribution is 2.32. The number of fused-ring (bicyclic) bond motifs is 3. The Morgan fingerprint density at radius 3 is 2.38 bits per heavy atom. The van der Waals surface area contributed by atoms with Crippen LogP contribution >= 0.6 is 11.6 Å². The molecule has 80 valence electrons. The van der Waals surface area contributed by atoms with Crippen molar-refractivity contribution in [3.63, 3.8) is 0 Å². The zero-order valence-electron chi connectivity index (χ0n) is 8.74. The topological polar surface area (TPSA) is 25.2 Å². The number of aromatic nitrogens is 1. The van der Waals surface area contributed by atoms with E-state index in [0.717, 1.165) is 21.8 Å². The van der Waals surface area contributed by atoms with Crippen LogP contribution in [-0.4, -0.2) is 9.67 Å². The molecule has 0 aliphatic carbocycles. The van der Waals surface area contributed by atoms with Crippen LogP contribution in [0.4, 0.5) is 0 Å². The molecule has 0 aliphatic rings. The average Bonchev–Trinajstić information content (AvgIpc) is 2.52. The molecule has 0 saturated heterocycles. The van der Waals surface area contributed by atoms with Crippen molar-refractivity contribution in [1.82, 2.24) is 4.57 Å². The molecule has 0 fully saturated rings. The van der Waals surface area contributed by atoms with E-state index in [9.17, 15) is 5.11 Å². The Labute approximate surface area is 97.7 Å². The summed E-state index contributed by atoms with van der Waals surface area (Å²) < 4.78 is 2.10. The van der Waals surface area contributed by atoms with Crippen LogP contribution in [0.25, 0.3) is 21.8 Å². The SMILES string of the molecule is Cn1c2ccc(O)cc2c2cc(Cl)ccc21. The van der Waals surface area contributed by atoms with Gasteiger partial charge in [0, 0.05) is 33.9 Å². The number of aromatic hydroxyl groups is 1. The average molecular weight is 232 g/mol. The zero-order valence-corrected chi connectivity index (χ0v) is 9.49. The van der Waals surface area contributed by atoms with Crippen molar-refractivity contribution in [1.29, 1.82) is 0 Å². The molecule has 0 radical (unpaired) electrons. The molecule has 16 heavy (non-hydrogen) atoms. The van der Waals surface area contributed by atoms with E-state index in [4.69, 9.17) is 11.6 Å². The summed E-state index contributed by atoms with van der Waals surface area (Å²) in [5.74, 6) is 0.278. The summed E-state index contributed by atoms with van der Waals surface area (Å²) in [4.78, 5) is 0. The van der Waals surface area contributed by atoms with Gasteiger partial charge in [0.25, 0.3) is 0 Å². The van der Waals surface area contributed by atoms with Crippen LogP contribution in [0.3, 0.4) is 0 Å². The van der Waals surface area contributed by atoms with E-state index in [1.165, 1.54) is 0 Å². The highest BCUT2D eigenvalue weighted by atomic mass is 35.5. The summed E-state index contributed by atoms with van der Waals surface area (Å²) in [6, 6.07) is 11.2. The minimum absolute atomic E-state index is 0.278. The van der Waals surface area contributed by atoms with Gasteiger partial charge in [0.15, 0.2) is 0 Å². The number of nitrogens with zero attached hydrogens (tertiary/aromatic N) is 1. The van der Waals surface area contributed by atoms with Gasteiger partial charge in [-0.1, -0.05) is 11.6 Å². The van der Waals surface area contributed by atoms with Crippen molar-refractivity contribution >= 4 is 33.4 Å². The lowest BCUT2D eigenvalue weighted by atomic mass is 10.1. The van der Waals surface area contributed by atoms with Crippen LogP contribution in [0.15, 0.2) is 36.4 Å². The van der Waals surface area contributed by atoms with E-state index in [0.29, 0.717) is 5.02 Å². The Balaban J connectivity index is 2.60. The van der Waals surface area contributed by atoms with Gasteiger partial charge in [0.2, 0.25) is 0 Å². The lowest BCUT2D eigenvalue weighted by Gasteiger charge is -1.97. The number of benzene rings is 2. The third-order valence-corrected chi connectivity index (χ3v) is 3.19. The van der Waals surface area contributed by atoms with E-state index in [2.05, 4.69) is 4.57 Å². The maximum absolute atomic E-state index is 9.53. The summed E-state index contributed by atoms with van der Waals surface area (Å²) in [5.41, 5.74) is 2.21. The molecular weight excluding hydrogens is 222 g/mol. The lowest BCUT2D eigenvalue weighted by Crippen LogP contribution is -1.85. The van der Waals surface area contributed by atoms with Gasteiger partial charge in [0.05, 0.1) is 0 Å². The number of aryl methyl sites for hydroxylation is 1. The lowest BCUT2D eigenvalue weighted by molar-refractivity contribution is 0.476. The highest BCUT2D eigenvalue weighted by Gasteiger charge is 2.08. The molecular formula is C13H10ClNO. The minimum atomic E-state index is 0.278. The quantitative estimate of drug-likeness (QED) is 0.627. The number of hydrogen-bond donors (Lipinski definition) is 1. The second kappa shape index (κ2) is 3.16.